The van der Waals surface area contributed by atoms with Crippen LogP contribution in [-0.4, -0.2) is 23.3 Å². The van der Waals surface area contributed by atoms with Crippen LogP contribution in [0.4, 0.5) is 5.13 Å². The summed E-state index contributed by atoms with van der Waals surface area (Å²) in [5, 5.41) is 7.93. The number of hydrogen-bond donors (Lipinski definition) is 2. The summed E-state index contributed by atoms with van der Waals surface area (Å²) in [7, 11) is 0. The van der Waals surface area contributed by atoms with Gasteiger partial charge in [-0.25, -0.2) is 4.98 Å². The first-order valence-corrected chi connectivity index (χ1v) is 9.18. The Morgan fingerprint density at radius 2 is 1.92 bits per heavy atom. The van der Waals surface area contributed by atoms with Gasteiger partial charge in [0.2, 0.25) is 5.91 Å². The van der Waals surface area contributed by atoms with E-state index in [0.29, 0.717) is 24.5 Å². The number of carbonyl (C=O) groups is 2. The van der Waals surface area contributed by atoms with E-state index in [-0.39, 0.29) is 17.6 Å². The Balaban J connectivity index is 1.38. The molecule has 0 bridgehead atoms. The molecule has 0 unspecified atom stereocenters. The summed E-state index contributed by atoms with van der Waals surface area (Å²) in [6.07, 6.45) is 3.15. The number of anilines is 1. The highest BCUT2D eigenvalue weighted by molar-refractivity contribution is 7.13. The molecule has 0 aliphatic heterocycles. The molecular weight excluding hydrogens is 350 g/mol. The Morgan fingerprint density at radius 1 is 1.08 bits per heavy atom. The van der Waals surface area contributed by atoms with Crippen molar-refractivity contribution < 1.29 is 14.0 Å². The number of hydrogen-bond acceptors (Lipinski definition) is 5. The molecule has 6 nitrogen and oxygen atoms in total. The van der Waals surface area contributed by atoms with E-state index in [2.05, 4.69) is 15.6 Å². The zero-order chi connectivity index (χ0) is 18.2. The van der Waals surface area contributed by atoms with Gasteiger partial charge in [0.1, 0.15) is 0 Å². The maximum atomic E-state index is 11.9. The minimum Gasteiger partial charge on any atom is -0.459 e. The maximum Gasteiger partial charge on any atom is 0.293 e. The lowest BCUT2D eigenvalue weighted by atomic mass is 10.1. The van der Waals surface area contributed by atoms with Gasteiger partial charge in [0.25, 0.3) is 5.91 Å². The molecule has 3 aromatic rings. The number of furan rings is 1. The molecule has 0 saturated heterocycles. The van der Waals surface area contributed by atoms with Gasteiger partial charge in [-0.15, -0.1) is 11.3 Å². The molecule has 134 valence electrons. The standard InChI is InChI=1S/C19H19N3O3S/c23-17(20-11-10-14-5-2-1-3-6-14)9-8-15-13-26-19(21-15)22-18(24)16-7-4-12-25-16/h1-7,12-13H,8-11H2,(H,20,23)(H,21,22,24). The largest absolute Gasteiger partial charge is 0.459 e. The van der Waals surface area contributed by atoms with Crippen LogP contribution in [0.15, 0.2) is 58.5 Å². The first kappa shape index (κ1) is 17.9. The number of benzene rings is 1. The van der Waals surface area contributed by atoms with Gasteiger partial charge < -0.3 is 9.73 Å². The third-order valence-electron chi connectivity index (χ3n) is 3.70. The van der Waals surface area contributed by atoms with Crippen molar-refractivity contribution in [3.8, 4) is 0 Å². The molecule has 1 aromatic carbocycles. The van der Waals surface area contributed by atoms with Gasteiger partial charge in [0.15, 0.2) is 10.9 Å². The lowest BCUT2D eigenvalue weighted by molar-refractivity contribution is -0.121. The number of aromatic nitrogens is 1. The summed E-state index contributed by atoms with van der Waals surface area (Å²) in [6.45, 7) is 0.615. The second kappa shape index (κ2) is 8.96. The van der Waals surface area contributed by atoms with Gasteiger partial charge in [-0.05, 0) is 30.5 Å². The summed E-state index contributed by atoms with van der Waals surface area (Å²) in [5.41, 5.74) is 1.98. The van der Waals surface area contributed by atoms with Gasteiger partial charge in [0, 0.05) is 18.3 Å². The zero-order valence-corrected chi connectivity index (χ0v) is 14.9. The predicted octanol–water partition coefficient (Wildman–Crippen LogP) is 3.28. The van der Waals surface area contributed by atoms with Gasteiger partial charge in [-0.3, -0.25) is 14.9 Å². The second-order valence-electron chi connectivity index (χ2n) is 5.66. The van der Waals surface area contributed by atoms with E-state index < -0.39 is 0 Å². The normalized spacial score (nSPS) is 10.5. The topological polar surface area (TPSA) is 84.2 Å². The smallest absolute Gasteiger partial charge is 0.293 e. The molecule has 26 heavy (non-hydrogen) atoms. The van der Waals surface area contributed by atoms with Gasteiger partial charge in [-0.2, -0.15) is 0 Å². The average molecular weight is 369 g/mol. The molecule has 0 fully saturated rings. The van der Waals surface area contributed by atoms with Crippen LogP contribution >= 0.6 is 11.3 Å². The fourth-order valence-corrected chi connectivity index (χ4v) is 3.11. The van der Waals surface area contributed by atoms with Crippen LogP contribution in [0.5, 0.6) is 0 Å². The monoisotopic (exact) mass is 369 g/mol. The van der Waals surface area contributed by atoms with Crippen molar-refractivity contribution >= 4 is 28.3 Å². The molecule has 0 radical (unpaired) electrons. The van der Waals surface area contributed by atoms with E-state index in [1.54, 1.807) is 12.1 Å². The van der Waals surface area contributed by atoms with Crippen molar-refractivity contribution in [2.45, 2.75) is 19.3 Å². The summed E-state index contributed by atoms with van der Waals surface area (Å²) in [6, 6.07) is 13.3. The third kappa shape index (κ3) is 5.29. The molecule has 2 N–H and O–H groups in total. The van der Waals surface area contributed by atoms with Gasteiger partial charge >= 0.3 is 0 Å². The highest BCUT2D eigenvalue weighted by Crippen LogP contribution is 2.17. The first-order valence-electron chi connectivity index (χ1n) is 8.30. The number of nitrogens with one attached hydrogen (secondary N) is 2. The van der Waals surface area contributed by atoms with E-state index in [1.165, 1.54) is 23.2 Å². The molecule has 2 aromatic heterocycles. The van der Waals surface area contributed by atoms with Crippen molar-refractivity contribution in [1.82, 2.24) is 10.3 Å². The van der Waals surface area contributed by atoms with Crippen molar-refractivity contribution in [3.63, 3.8) is 0 Å². The number of carbonyl (C=O) groups excluding carboxylic acids is 2. The Hall–Kier alpha value is -2.93. The van der Waals surface area contributed by atoms with Crippen molar-refractivity contribution in [1.29, 1.82) is 0 Å². The molecule has 0 spiro atoms. The summed E-state index contributed by atoms with van der Waals surface area (Å²) < 4.78 is 5.03. The van der Waals surface area contributed by atoms with Crippen LogP contribution < -0.4 is 10.6 Å². The van der Waals surface area contributed by atoms with Crippen LogP contribution in [0, 0.1) is 0 Å². The Bertz CT molecular complexity index is 844. The minimum atomic E-state index is -0.338. The molecule has 0 aliphatic carbocycles. The van der Waals surface area contributed by atoms with E-state index in [9.17, 15) is 9.59 Å². The van der Waals surface area contributed by atoms with E-state index >= 15 is 0 Å². The number of nitrogens with zero attached hydrogens (tertiary/aromatic N) is 1. The van der Waals surface area contributed by atoms with Crippen molar-refractivity contribution in [3.05, 3.63) is 71.1 Å². The van der Waals surface area contributed by atoms with Crippen LogP contribution in [0.3, 0.4) is 0 Å². The number of aryl methyl sites for hydroxylation is 1. The van der Waals surface area contributed by atoms with E-state index in [4.69, 9.17) is 4.42 Å². The maximum absolute atomic E-state index is 11.9. The van der Waals surface area contributed by atoms with E-state index in [0.717, 1.165) is 12.1 Å². The lowest BCUT2D eigenvalue weighted by Crippen LogP contribution is -2.25. The molecule has 0 aliphatic rings. The fourth-order valence-electron chi connectivity index (χ4n) is 2.37. The molecule has 3 rings (SSSR count). The lowest BCUT2D eigenvalue weighted by Gasteiger charge is -2.04. The summed E-state index contributed by atoms with van der Waals surface area (Å²) in [4.78, 5) is 28.1. The summed E-state index contributed by atoms with van der Waals surface area (Å²) >= 11 is 1.33. The first-order chi connectivity index (χ1) is 12.7. The SMILES string of the molecule is O=C(CCc1csc(NC(=O)c2ccco2)n1)NCCc1ccccc1. The molecule has 0 atom stereocenters. The quantitative estimate of drug-likeness (QED) is 0.638. The predicted molar refractivity (Wildman–Crippen MR) is 100 cm³/mol. The third-order valence-corrected chi connectivity index (χ3v) is 4.51. The average Bonchev–Trinajstić information content (AvgIpc) is 3.33. The number of thiazole rings is 1. The van der Waals surface area contributed by atoms with Gasteiger partial charge in [-0.1, -0.05) is 30.3 Å². The van der Waals surface area contributed by atoms with Crippen LogP contribution in [-0.2, 0) is 17.6 Å². The number of amides is 2. The van der Waals surface area contributed by atoms with Crippen LogP contribution in [0.1, 0.15) is 28.2 Å². The fraction of sp³-hybridized carbons (Fsp3) is 0.211. The Kier molecular flexibility index (Phi) is 6.16. The molecule has 0 saturated carbocycles. The molecule has 7 heteroatoms. The summed E-state index contributed by atoms with van der Waals surface area (Å²) in [5.74, 6) is -0.107. The molecule has 2 heterocycles. The van der Waals surface area contributed by atoms with Crippen molar-refractivity contribution in [2.75, 3.05) is 11.9 Å². The van der Waals surface area contributed by atoms with E-state index in [1.807, 2.05) is 35.7 Å². The Morgan fingerprint density at radius 3 is 2.69 bits per heavy atom. The van der Waals surface area contributed by atoms with Crippen LogP contribution in [0.25, 0.3) is 0 Å². The van der Waals surface area contributed by atoms with Crippen LogP contribution in [0.2, 0.25) is 0 Å². The second-order valence-corrected chi connectivity index (χ2v) is 6.52. The van der Waals surface area contributed by atoms with Gasteiger partial charge in [0.05, 0.1) is 12.0 Å². The number of rotatable bonds is 8. The van der Waals surface area contributed by atoms with Crippen molar-refractivity contribution in [2.24, 2.45) is 0 Å². The Labute approximate surface area is 155 Å². The zero-order valence-electron chi connectivity index (χ0n) is 14.1. The molecule has 2 amide bonds. The minimum absolute atomic E-state index is 0.00453. The highest BCUT2D eigenvalue weighted by Gasteiger charge is 2.12. The molecular formula is C19H19N3O3S. The highest BCUT2D eigenvalue weighted by atomic mass is 32.1.